The number of nitrogens with two attached hydrogens (primary N) is 2. The Morgan fingerprint density at radius 1 is 1.19 bits per heavy atom. The largest absolute Gasteiger partial charge is 0.384 e. The van der Waals surface area contributed by atoms with Crippen LogP contribution < -0.4 is 27.5 Å². The monoisotopic (exact) mass is 448 g/mol. The van der Waals surface area contributed by atoms with Crippen molar-refractivity contribution in [1.82, 2.24) is 16.1 Å². The first kappa shape index (κ1) is 26.0. The number of nitrogens with one attached hydrogen (secondary N) is 4. The van der Waals surface area contributed by atoms with Crippen LogP contribution in [0.5, 0.6) is 0 Å². The van der Waals surface area contributed by atoms with E-state index in [0.717, 1.165) is 0 Å². The molecule has 0 saturated heterocycles. The highest BCUT2D eigenvalue weighted by molar-refractivity contribution is 6.00. The van der Waals surface area contributed by atoms with Crippen LogP contribution in [-0.4, -0.2) is 53.6 Å². The second-order valence-electron chi connectivity index (χ2n) is 7.22. The molecule has 0 aliphatic rings. The summed E-state index contributed by atoms with van der Waals surface area (Å²) in [5.41, 5.74) is 13.1. The summed E-state index contributed by atoms with van der Waals surface area (Å²) in [5.74, 6) is -1.76. The van der Waals surface area contributed by atoms with Crippen molar-refractivity contribution in [3.8, 4) is 0 Å². The fourth-order valence-electron chi connectivity index (χ4n) is 2.65. The van der Waals surface area contributed by atoms with Crippen molar-refractivity contribution in [1.29, 1.82) is 5.41 Å². The highest BCUT2D eigenvalue weighted by atomic mass is 16.7. The van der Waals surface area contributed by atoms with Crippen molar-refractivity contribution in [2.24, 2.45) is 22.4 Å². The van der Waals surface area contributed by atoms with Gasteiger partial charge in [0, 0.05) is 17.7 Å². The van der Waals surface area contributed by atoms with E-state index in [0.29, 0.717) is 23.8 Å². The number of rotatable bonds is 12. The number of nitro groups is 1. The lowest BCUT2D eigenvalue weighted by atomic mass is 10.0. The smallest absolute Gasteiger partial charge is 0.251 e. The average molecular weight is 448 g/mol. The summed E-state index contributed by atoms with van der Waals surface area (Å²) in [6.07, 6.45) is 1.14. The summed E-state index contributed by atoms with van der Waals surface area (Å²) in [7, 11) is 0. The number of guanidine groups is 1. The molecule has 0 heterocycles. The lowest BCUT2D eigenvalue weighted by molar-refractivity contribution is -0.525. The van der Waals surface area contributed by atoms with E-state index in [4.69, 9.17) is 16.9 Å². The molecule has 1 aromatic carbocycles. The van der Waals surface area contributed by atoms with Crippen LogP contribution in [0.25, 0.3) is 0 Å². The van der Waals surface area contributed by atoms with E-state index in [1.54, 1.807) is 19.3 Å². The zero-order chi connectivity index (χ0) is 24.3. The molecule has 174 valence electrons. The number of hydrogen-bond donors (Lipinski definition) is 6. The van der Waals surface area contributed by atoms with Crippen molar-refractivity contribution in [2.75, 3.05) is 6.54 Å². The molecule has 0 spiro atoms. The van der Waals surface area contributed by atoms with Gasteiger partial charge in [-0.15, -0.1) is 0 Å². The number of nitrogens with zero attached hydrogens (tertiary/aromatic N) is 2. The summed E-state index contributed by atoms with van der Waals surface area (Å²) in [6.45, 7) is 3.62. The predicted octanol–water partition coefficient (Wildman–Crippen LogP) is -0.715. The van der Waals surface area contributed by atoms with Gasteiger partial charge in [0.15, 0.2) is 5.03 Å². The van der Waals surface area contributed by atoms with Gasteiger partial charge in [0.05, 0.1) is 6.04 Å². The first-order chi connectivity index (χ1) is 15.0. The molecule has 0 aromatic heterocycles. The maximum atomic E-state index is 12.7. The van der Waals surface area contributed by atoms with Gasteiger partial charge in [-0.3, -0.25) is 15.0 Å². The standard InChI is InChI=1S/C19H28N8O5/c1-11(2)15(25-17(29)13-7-5-12(6-8-13)16(20)21)18(30)24-14(10-28)4-3-9-23-19(22)26-27(31)32/h5-8,10-11,14-15H,3-4,9H2,1-2H3,(H3,20,21)(H,24,30)(H,25,29)(H3,22,23,26). The highest BCUT2D eigenvalue weighted by Gasteiger charge is 2.26. The van der Waals surface area contributed by atoms with E-state index in [1.807, 2.05) is 0 Å². The molecule has 0 aliphatic heterocycles. The molecule has 1 rings (SSSR count). The van der Waals surface area contributed by atoms with Crippen LogP contribution in [-0.2, 0) is 9.59 Å². The number of nitrogen functional groups attached to an aromatic ring is 1. The van der Waals surface area contributed by atoms with E-state index < -0.39 is 28.9 Å². The summed E-state index contributed by atoms with van der Waals surface area (Å²) in [6, 6.07) is 4.33. The van der Waals surface area contributed by atoms with Crippen LogP contribution >= 0.6 is 0 Å². The van der Waals surface area contributed by atoms with E-state index in [9.17, 15) is 24.5 Å². The molecule has 0 fully saturated rings. The lowest BCUT2D eigenvalue weighted by Crippen LogP contribution is -2.52. The second-order valence-corrected chi connectivity index (χ2v) is 7.22. The molecule has 1 aromatic rings. The molecule has 32 heavy (non-hydrogen) atoms. The lowest BCUT2D eigenvalue weighted by Gasteiger charge is -2.23. The van der Waals surface area contributed by atoms with Gasteiger partial charge in [0.1, 0.15) is 18.2 Å². The zero-order valence-electron chi connectivity index (χ0n) is 17.8. The molecular weight excluding hydrogens is 420 g/mol. The Morgan fingerprint density at radius 2 is 1.78 bits per heavy atom. The molecule has 2 atom stereocenters. The number of carbonyl (C=O) groups excluding carboxylic acids is 3. The summed E-state index contributed by atoms with van der Waals surface area (Å²) < 4.78 is 0. The average Bonchev–Trinajstić information content (AvgIpc) is 2.73. The number of hydrogen-bond acceptors (Lipinski definition) is 7. The fourth-order valence-corrected chi connectivity index (χ4v) is 2.65. The number of aldehydes is 1. The third kappa shape index (κ3) is 8.77. The highest BCUT2D eigenvalue weighted by Crippen LogP contribution is 2.08. The molecular formula is C19H28N8O5. The quantitative estimate of drug-likeness (QED) is 0.0597. The van der Waals surface area contributed by atoms with E-state index in [2.05, 4.69) is 15.6 Å². The Morgan fingerprint density at radius 3 is 2.28 bits per heavy atom. The molecule has 0 bridgehead atoms. The molecule has 0 radical (unpaired) electrons. The normalized spacial score (nSPS) is 13.0. The Balaban J connectivity index is 2.68. The Hall–Kier alpha value is -4.03. The minimum Gasteiger partial charge on any atom is -0.384 e. The molecule has 0 aliphatic carbocycles. The third-order valence-electron chi connectivity index (χ3n) is 4.35. The molecule has 8 N–H and O–H groups in total. The minimum atomic E-state index is -0.893. The van der Waals surface area contributed by atoms with Crippen molar-refractivity contribution < 1.29 is 19.4 Å². The summed E-state index contributed by atoms with van der Waals surface area (Å²) in [5, 5.41) is 22.0. The molecule has 0 saturated carbocycles. The maximum Gasteiger partial charge on any atom is 0.251 e. The number of aliphatic imine (C=N–C) groups is 1. The Kier molecular flexibility index (Phi) is 10.3. The SMILES string of the molecule is CC(C)C(NC(=O)c1ccc(C(=N)N)cc1)C(=O)NC(C=O)CCCN=C(N)N[N+](=O)[O-]. The minimum absolute atomic E-state index is 0.119. The number of amidine groups is 1. The van der Waals surface area contributed by atoms with Crippen LogP contribution in [0.15, 0.2) is 29.3 Å². The zero-order valence-corrected chi connectivity index (χ0v) is 17.8. The van der Waals surface area contributed by atoms with Gasteiger partial charge in [-0.2, -0.15) is 0 Å². The number of amides is 2. The van der Waals surface area contributed by atoms with Crippen molar-refractivity contribution >= 4 is 29.9 Å². The first-order valence-electron chi connectivity index (χ1n) is 9.77. The van der Waals surface area contributed by atoms with Crippen LogP contribution in [0.2, 0.25) is 0 Å². The second kappa shape index (κ2) is 12.6. The summed E-state index contributed by atoms with van der Waals surface area (Å²) >= 11 is 0. The van der Waals surface area contributed by atoms with E-state index >= 15 is 0 Å². The van der Waals surface area contributed by atoms with Gasteiger partial charge >= 0.3 is 0 Å². The predicted molar refractivity (Wildman–Crippen MR) is 117 cm³/mol. The topological polar surface area (TPSA) is 219 Å². The molecule has 13 nitrogen and oxygen atoms in total. The summed E-state index contributed by atoms with van der Waals surface area (Å²) in [4.78, 5) is 50.5. The van der Waals surface area contributed by atoms with E-state index in [-0.39, 0.29) is 30.7 Å². The van der Waals surface area contributed by atoms with Crippen LogP contribution in [0.4, 0.5) is 0 Å². The molecule has 2 amide bonds. The number of hydrazine groups is 1. The van der Waals surface area contributed by atoms with Crippen LogP contribution in [0.3, 0.4) is 0 Å². The molecule has 13 heteroatoms. The van der Waals surface area contributed by atoms with Crippen LogP contribution in [0, 0.1) is 21.4 Å². The number of carbonyl (C=O) groups is 3. The Labute approximate surface area is 184 Å². The third-order valence-corrected chi connectivity index (χ3v) is 4.35. The van der Waals surface area contributed by atoms with Gasteiger partial charge in [0.25, 0.3) is 11.9 Å². The number of benzene rings is 1. The molecule has 2 unspecified atom stereocenters. The van der Waals surface area contributed by atoms with Gasteiger partial charge in [0.2, 0.25) is 5.91 Å². The van der Waals surface area contributed by atoms with E-state index in [1.165, 1.54) is 24.3 Å². The van der Waals surface area contributed by atoms with Crippen LogP contribution in [0.1, 0.15) is 42.6 Å². The fraction of sp³-hybridized carbons (Fsp3) is 0.421. The first-order valence-corrected chi connectivity index (χ1v) is 9.77. The van der Waals surface area contributed by atoms with Gasteiger partial charge in [-0.1, -0.05) is 31.4 Å². The van der Waals surface area contributed by atoms with Crippen molar-refractivity contribution in [3.05, 3.63) is 45.5 Å². The van der Waals surface area contributed by atoms with Crippen molar-refractivity contribution in [2.45, 2.75) is 38.8 Å². The van der Waals surface area contributed by atoms with Gasteiger partial charge < -0.3 is 26.9 Å². The van der Waals surface area contributed by atoms with Gasteiger partial charge in [-0.25, -0.2) is 15.1 Å². The van der Waals surface area contributed by atoms with Gasteiger partial charge in [-0.05, 0) is 30.9 Å². The van der Waals surface area contributed by atoms with Crippen molar-refractivity contribution in [3.63, 3.8) is 0 Å². The maximum absolute atomic E-state index is 12.7. The Bertz CT molecular complexity index is 869.